The van der Waals surface area contributed by atoms with Crippen molar-refractivity contribution in [3.05, 3.63) is 24.2 Å². The summed E-state index contributed by atoms with van der Waals surface area (Å²) in [6.07, 6.45) is 5.37. The van der Waals surface area contributed by atoms with Crippen LogP contribution in [0.15, 0.2) is 22.8 Å². The third-order valence-electron chi connectivity index (χ3n) is 4.73. The normalized spacial score (nSPS) is 23.4. The highest BCUT2D eigenvalue weighted by Gasteiger charge is 2.34. The smallest absolute Gasteiger partial charge is 0.117 e. The van der Waals surface area contributed by atoms with Gasteiger partial charge in [0.25, 0.3) is 0 Å². The molecule has 0 aliphatic carbocycles. The maximum Gasteiger partial charge on any atom is 0.117 e. The lowest BCUT2D eigenvalue weighted by atomic mass is 9.73. The first-order valence-corrected chi connectivity index (χ1v) is 8.35. The van der Waals surface area contributed by atoms with Crippen LogP contribution in [0.5, 0.6) is 0 Å². The minimum atomic E-state index is 0.0532. The molecule has 1 saturated heterocycles. The zero-order chi connectivity index (χ0) is 15.3. The van der Waals surface area contributed by atoms with Crippen LogP contribution in [0.4, 0.5) is 0 Å². The highest BCUT2D eigenvalue weighted by atomic mass is 16.5. The summed E-state index contributed by atoms with van der Waals surface area (Å²) in [5.41, 5.74) is 0.0532. The van der Waals surface area contributed by atoms with Crippen molar-refractivity contribution < 1.29 is 9.15 Å². The van der Waals surface area contributed by atoms with E-state index < -0.39 is 0 Å². The second-order valence-electron chi connectivity index (χ2n) is 7.31. The lowest BCUT2D eigenvalue weighted by Crippen LogP contribution is -2.38. The zero-order valence-electron chi connectivity index (χ0n) is 14.0. The van der Waals surface area contributed by atoms with Crippen molar-refractivity contribution in [1.29, 1.82) is 0 Å². The maximum absolute atomic E-state index is 5.87. The Labute approximate surface area is 129 Å². The van der Waals surface area contributed by atoms with Gasteiger partial charge >= 0.3 is 0 Å². The quantitative estimate of drug-likeness (QED) is 0.764. The van der Waals surface area contributed by atoms with Gasteiger partial charge in [-0.25, -0.2) is 0 Å². The number of ether oxygens (including phenoxy) is 1. The summed E-state index contributed by atoms with van der Waals surface area (Å²) in [5.74, 6) is 3.31. The van der Waals surface area contributed by atoms with E-state index in [0.29, 0.717) is 0 Å². The Kier molecular flexibility index (Phi) is 5.88. The minimum Gasteiger partial charge on any atom is -0.468 e. The molecule has 1 fully saturated rings. The van der Waals surface area contributed by atoms with Crippen LogP contribution in [-0.2, 0) is 11.3 Å². The van der Waals surface area contributed by atoms with Gasteiger partial charge in [-0.15, -0.1) is 0 Å². The van der Waals surface area contributed by atoms with E-state index >= 15 is 0 Å². The Hall–Kier alpha value is -0.800. The molecule has 1 N–H and O–H groups in total. The predicted octanol–water partition coefficient (Wildman–Crippen LogP) is 4.24. The molecule has 21 heavy (non-hydrogen) atoms. The molecule has 0 aromatic carbocycles. The lowest BCUT2D eigenvalue weighted by molar-refractivity contribution is -0.0867. The minimum absolute atomic E-state index is 0.0532. The Morgan fingerprint density at radius 3 is 2.81 bits per heavy atom. The van der Waals surface area contributed by atoms with E-state index in [1.807, 2.05) is 12.1 Å². The molecular weight excluding hydrogens is 262 g/mol. The summed E-state index contributed by atoms with van der Waals surface area (Å²) in [7, 11) is 0. The van der Waals surface area contributed by atoms with Crippen molar-refractivity contribution in [1.82, 2.24) is 5.32 Å². The summed E-state index contributed by atoms with van der Waals surface area (Å²) < 4.78 is 11.2. The Balaban J connectivity index is 1.78. The molecule has 3 heteroatoms. The second kappa shape index (κ2) is 7.46. The average Bonchev–Trinajstić information content (AvgIpc) is 2.90. The van der Waals surface area contributed by atoms with Crippen molar-refractivity contribution >= 4 is 0 Å². The molecule has 1 aliphatic heterocycles. The average molecular weight is 293 g/mol. The molecule has 0 amide bonds. The third-order valence-corrected chi connectivity index (χ3v) is 4.73. The molecule has 1 aliphatic rings. The number of rotatable bonds is 7. The first-order valence-electron chi connectivity index (χ1n) is 8.35. The first-order chi connectivity index (χ1) is 9.98. The fourth-order valence-corrected chi connectivity index (χ4v) is 3.65. The van der Waals surface area contributed by atoms with Gasteiger partial charge in [-0.05, 0) is 69.5 Å². The van der Waals surface area contributed by atoms with Gasteiger partial charge in [0.15, 0.2) is 0 Å². The Morgan fingerprint density at radius 2 is 2.19 bits per heavy atom. The molecular formula is C18H31NO2. The number of furan rings is 1. The fourth-order valence-electron chi connectivity index (χ4n) is 3.65. The van der Waals surface area contributed by atoms with Crippen LogP contribution in [0, 0.1) is 17.8 Å². The summed E-state index contributed by atoms with van der Waals surface area (Å²) in [6.45, 7) is 12.0. The van der Waals surface area contributed by atoms with Crippen molar-refractivity contribution in [2.24, 2.45) is 17.8 Å². The van der Waals surface area contributed by atoms with Crippen molar-refractivity contribution in [3.63, 3.8) is 0 Å². The van der Waals surface area contributed by atoms with Gasteiger partial charge in [0.2, 0.25) is 0 Å². The van der Waals surface area contributed by atoms with Gasteiger partial charge < -0.3 is 14.5 Å². The molecule has 2 rings (SSSR count). The summed E-state index contributed by atoms with van der Waals surface area (Å²) >= 11 is 0. The molecule has 2 heterocycles. The standard InChI is InChI=1S/C18H31NO2/c1-14(2)17(15-8-11-21-18(3,4)12-15)7-9-19-13-16-6-5-10-20-16/h5-6,10,14-15,17,19H,7-9,11-13H2,1-4H3/t15-,17+/m1/s1. The molecule has 0 unspecified atom stereocenters. The molecule has 0 spiro atoms. The fraction of sp³-hybridized carbons (Fsp3) is 0.778. The molecule has 0 radical (unpaired) electrons. The van der Waals surface area contributed by atoms with Gasteiger partial charge in [0.1, 0.15) is 5.76 Å². The third kappa shape index (κ3) is 5.15. The number of nitrogens with one attached hydrogen (secondary N) is 1. The van der Waals surface area contributed by atoms with E-state index in [-0.39, 0.29) is 5.60 Å². The van der Waals surface area contributed by atoms with Gasteiger partial charge in [-0.1, -0.05) is 13.8 Å². The topological polar surface area (TPSA) is 34.4 Å². The molecule has 0 saturated carbocycles. The Morgan fingerprint density at radius 1 is 1.38 bits per heavy atom. The summed E-state index contributed by atoms with van der Waals surface area (Å²) in [6, 6.07) is 3.96. The molecule has 120 valence electrons. The van der Waals surface area contributed by atoms with Gasteiger partial charge in [0.05, 0.1) is 18.4 Å². The maximum atomic E-state index is 5.87. The number of hydrogen-bond donors (Lipinski definition) is 1. The van der Waals surface area contributed by atoms with Crippen LogP contribution >= 0.6 is 0 Å². The van der Waals surface area contributed by atoms with Crippen LogP contribution in [0.1, 0.15) is 52.7 Å². The van der Waals surface area contributed by atoms with E-state index in [4.69, 9.17) is 9.15 Å². The van der Waals surface area contributed by atoms with Crippen molar-refractivity contribution in [2.45, 2.75) is 59.1 Å². The first kappa shape index (κ1) is 16.6. The van der Waals surface area contributed by atoms with Gasteiger partial charge in [-0.2, -0.15) is 0 Å². The SMILES string of the molecule is CC(C)[C@H](CCNCc1ccco1)[C@@H]1CCOC(C)(C)C1. The van der Waals surface area contributed by atoms with E-state index in [0.717, 1.165) is 43.2 Å². The zero-order valence-corrected chi connectivity index (χ0v) is 14.0. The molecule has 0 bridgehead atoms. The van der Waals surface area contributed by atoms with Crippen LogP contribution in [0.3, 0.4) is 0 Å². The van der Waals surface area contributed by atoms with Crippen molar-refractivity contribution in [3.8, 4) is 0 Å². The molecule has 1 aromatic rings. The highest BCUT2D eigenvalue weighted by Crippen LogP contribution is 2.37. The van der Waals surface area contributed by atoms with Crippen LogP contribution < -0.4 is 5.32 Å². The van der Waals surface area contributed by atoms with Gasteiger partial charge in [0, 0.05) is 6.61 Å². The van der Waals surface area contributed by atoms with E-state index in [9.17, 15) is 0 Å². The molecule has 1 aromatic heterocycles. The monoisotopic (exact) mass is 293 g/mol. The van der Waals surface area contributed by atoms with Gasteiger partial charge in [-0.3, -0.25) is 0 Å². The summed E-state index contributed by atoms with van der Waals surface area (Å²) in [4.78, 5) is 0. The highest BCUT2D eigenvalue weighted by molar-refractivity contribution is 4.97. The second-order valence-corrected chi connectivity index (χ2v) is 7.31. The van der Waals surface area contributed by atoms with Crippen LogP contribution in [0.2, 0.25) is 0 Å². The van der Waals surface area contributed by atoms with Crippen LogP contribution in [0.25, 0.3) is 0 Å². The van der Waals surface area contributed by atoms with E-state index in [1.165, 1.54) is 19.3 Å². The van der Waals surface area contributed by atoms with E-state index in [1.54, 1.807) is 6.26 Å². The van der Waals surface area contributed by atoms with Crippen LogP contribution in [-0.4, -0.2) is 18.8 Å². The summed E-state index contributed by atoms with van der Waals surface area (Å²) in [5, 5.41) is 3.51. The lowest BCUT2D eigenvalue weighted by Gasteiger charge is -2.40. The molecule has 3 nitrogen and oxygen atoms in total. The largest absolute Gasteiger partial charge is 0.468 e. The number of hydrogen-bond acceptors (Lipinski definition) is 3. The van der Waals surface area contributed by atoms with Crippen molar-refractivity contribution in [2.75, 3.05) is 13.2 Å². The Bertz CT molecular complexity index is 397. The molecule has 2 atom stereocenters. The predicted molar refractivity (Wildman–Crippen MR) is 86.1 cm³/mol. The van der Waals surface area contributed by atoms with E-state index in [2.05, 4.69) is 33.0 Å².